The number of hydrogen-bond acceptors (Lipinski definition) is 5. The van der Waals surface area contributed by atoms with Gasteiger partial charge in [-0.25, -0.2) is 9.97 Å². The minimum absolute atomic E-state index is 0.00762. The fraction of sp³-hybridized carbons (Fsp3) is 0.200. The molecule has 1 amide bonds. The molecule has 0 aliphatic carbocycles. The molecule has 3 aromatic rings. The molecular formula is C20H17F3N4O2. The molecule has 0 saturated heterocycles. The zero-order valence-corrected chi connectivity index (χ0v) is 15.3. The van der Waals surface area contributed by atoms with Gasteiger partial charge in [0.25, 0.3) is 5.91 Å². The lowest BCUT2D eigenvalue weighted by Gasteiger charge is -2.15. The zero-order chi connectivity index (χ0) is 20.9. The summed E-state index contributed by atoms with van der Waals surface area (Å²) < 4.78 is 41.2. The molecular weight excluding hydrogens is 385 g/mol. The van der Waals surface area contributed by atoms with Crippen molar-refractivity contribution in [3.63, 3.8) is 0 Å². The topological polar surface area (TPSA) is 77.0 Å². The van der Waals surface area contributed by atoms with Crippen molar-refractivity contribution >= 4 is 5.91 Å². The second-order valence-corrected chi connectivity index (χ2v) is 6.17. The lowest BCUT2D eigenvalue weighted by Crippen LogP contribution is -2.28. The van der Waals surface area contributed by atoms with Gasteiger partial charge in [-0.3, -0.25) is 9.78 Å². The predicted octanol–water partition coefficient (Wildman–Crippen LogP) is 3.97. The molecule has 0 unspecified atom stereocenters. The van der Waals surface area contributed by atoms with Gasteiger partial charge in [-0.2, -0.15) is 13.2 Å². The van der Waals surface area contributed by atoms with Crippen molar-refractivity contribution in [3.8, 4) is 16.9 Å². The molecule has 0 radical (unpaired) electrons. The number of benzene rings is 1. The lowest BCUT2D eigenvalue weighted by molar-refractivity contribution is -0.153. The summed E-state index contributed by atoms with van der Waals surface area (Å²) in [6.45, 7) is 0.316. The zero-order valence-electron chi connectivity index (χ0n) is 15.3. The van der Waals surface area contributed by atoms with Crippen LogP contribution in [-0.2, 0) is 0 Å². The van der Waals surface area contributed by atoms with Crippen LogP contribution >= 0.6 is 0 Å². The fourth-order valence-electron chi connectivity index (χ4n) is 2.58. The molecule has 1 aromatic carbocycles. The van der Waals surface area contributed by atoms with Crippen molar-refractivity contribution in [2.45, 2.75) is 19.1 Å². The standard InChI is InChI=1S/C20H17F3N4O2/c1-13(17-8-7-15(9-25-17)29-11-20(21,22)23)27-19(28)18-16(10-24-12-26-18)14-5-3-2-4-6-14/h2-10,12-13H,11H2,1H3,(H,27,28)/t13-/m1/s1. The molecule has 3 rings (SSSR count). The van der Waals surface area contributed by atoms with Crippen LogP contribution < -0.4 is 10.1 Å². The highest BCUT2D eigenvalue weighted by Gasteiger charge is 2.28. The van der Waals surface area contributed by atoms with Crippen molar-refractivity contribution in [1.29, 1.82) is 0 Å². The molecule has 1 N–H and O–H groups in total. The van der Waals surface area contributed by atoms with E-state index in [0.29, 0.717) is 11.3 Å². The van der Waals surface area contributed by atoms with Crippen molar-refractivity contribution in [3.05, 3.63) is 72.6 Å². The average Bonchev–Trinajstić information content (AvgIpc) is 2.72. The van der Waals surface area contributed by atoms with E-state index in [1.807, 2.05) is 30.3 Å². The van der Waals surface area contributed by atoms with Gasteiger partial charge in [0, 0.05) is 11.8 Å². The molecule has 29 heavy (non-hydrogen) atoms. The second-order valence-electron chi connectivity index (χ2n) is 6.17. The number of ether oxygens (including phenoxy) is 1. The number of pyridine rings is 1. The first kappa shape index (κ1) is 20.2. The van der Waals surface area contributed by atoms with Crippen molar-refractivity contribution < 1.29 is 22.7 Å². The summed E-state index contributed by atoms with van der Waals surface area (Å²) >= 11 is 0. The highest BCUT2D eigenvalue weighted by molar-refractivity contribution is 5.98. The Labute approximate surface area is 164 Å². The summed E-state index contributed by atoms with van der Waals surface area (Å²) in [4.78, 5) is 24.9. The maximum atomic E-state index is 12.7. The Morgan fingerprint density at radius 3 is 2.52 bits per heavy atom. The highest BCUT2D eigenvalue weighted by atomic mass is 19.4. The van der Waals surface area contributed by atoms with Crippen LogP contribution in [0, 0.1) is 0 Å². The minimum atomic E-state index is -4.42. The monoisotopic (exact) mass is 402 g/mol. The van der Waals surface area contributed by atoms with Crippen LogP contribution in [0.4, 0.5) is 13.2 Å². The largest absolute Gasteiger partial charge is 0.483 e. The minimum Gasteiger partial charge on any atom is -0.483 e. The van der Waals surface area contributed by atoms with Crippen molar-refractivity contribution in [2.24, 2.45) is 0 Å². The average molecular weight is 402 g/mol. The molecule has 150 valence electrons. The van der Waals surface area contributed by atoms with E-state index in [1.54, 1.807) is 13.1 Å². The van der Waals surface area contributed by atoms with Gasteiger partial charge in [-0.1, -0.05) is 30.3 Å². The summed E-state index contributed by atoms with van der Waals surface area (Å²) in [5.74, 6) is -0.426. The number of halogens is 3. The number of amides is 1. The highest BCUT2D eigenvalue weighted by Crippen LogP contribution is 2.22. The summed E-state index contributed by atoms with van der Waals surface area (Å²) in [5, 5.41) is 2.79. The number of carbonyl (C=O) groups is 1. The fourth-order valence-corrected chi connectivity index (χ4v) is 2.58. The number of nitrogens with zero attached hydrogens (tertiary/aromatic N) is 3. The van der Waals surface area contributed by atoms with Crippen LogP contribution in [0.15, 0.2) is 61.2 Å². The summed E-state index contributed by atoms with van der Waals surface area (Å²) in [7, 11) is 0. The molecule has 0 saturated carbocycles. The Bertz CT molecular complexity index is 963. The molecule has 1 atom stereocenters. The Kier molecular flexibility index (Phi) is 6.06. The van der Waals surface area contributed by atoms with E-state index < -0.39 is 24.7 Å². The molecule has 2 heterocycles. The van der Waals surface area contributed by atoms with Crippen LogP contribution in [0.25, 0.3) is 11.1 Å². The molecule has 0 bridgehead atoms. The van der Waals surface area contributed by atoms with Crippen molar-refractivity contribution in [1.82, 2.24) is 20.3 Å². The van der Waals surface area contributed by atoms with Gasteiger partial charge in [-0.15, -0.1) is 0 Å². The number of hydrogen-bond donors (Lipinski definition) is 1. The normalized spacial score (nSPS) is 12.3. The van der Waals surface area contributed by atoms with Gasteiger partial charge < -0.3 is 10.1 Å². The summed E-state index contributed by atoms with van der Waals surface area (Å²) in [6.07, 6.45) is -0.387. The molecule has 2 aromatic heterocycles. The number of nitrogens with one attached hydrogen (secondary N) is 1. The smallest absolute Gasteiger partial charge is 0.422 e. The quantitative estimate of drug-likeness (QED) is 0.675. The van der Waals surface area contributed by atoms with Crippen LogP contribution in [0.3, 0.4) is 0 Å². The lowest BCUT2D eigenvalue weighted by atomic mass is 10.1. The van der Waals surface area contributed by atoms with E-state index in [0.717, 1.165) is 5.56 Å². The number of aromatic nitrogens is 3. The van der Waals surface area contributed by atoms with Gasteiger partial charge in [0.05, 0.1) is 17.9 Å². The van der Waals surface area contributed by atoms with Gasteiger partial charge in [0.15, 0.2) is 6.61 Å². The Balaban J connectivity index is 1.70. The first-order valence-electron chi connectivity index (χ1n) is 8.65. The number of alkyl halides is 3. The molecule has 0 fully saturated rings. The van der Waals surface area contributed by atoms with Crippen LogP contribution in [0.2, 0.25) is 0 Å². The number of rotatable bonds is 6. The van der Waals surface area contributed by atoms with E-state index in [1.165, 1.54) is 24.7 Å². The third-order valence-electron chi connectivity index (χ3n) is 3.97. The van der Waals surface area contributed by atoms with Gasteiger partial charge in [0.1, 0.15) is 17.8 Å². The maximum absolute atomic E-state index is 12.7. The third-order valence-corrected chi connectivity index (χ3v) is 3.97. The van der Waals surface area contributed by atoms with Crippen LogP contribution in [0.1, 0.15) is 29.1 Å². The van der Waals surface area contributed by atoms with E-state index >= 15 is 0 Å². The van der Waals surface area contributed by atoms with E-state index in [9.17, 15) is 18.0 Å². The van der Waals surface area contributed by atoms with E-state index in [-0.39, 0.29) is 11.4 Å². The van der Waals surface area contributed by atoms with E-state index in [2.05, 4.69) is 25.0 Å². The van der Waals surface area contributed by atoms with Crippen molar-refractivity contribution in [2.75, 3.05) is 6.61 Å². The summed E-state index contributed by atoms with van der Waals surface area (Å²) in [5.41, 5.74) is 2.06. The third kappa shape index (κ3) is 5.50. The van der Waals surface area contributed by atoms with Crippen LogP contribution in [0.5, 0.6) is 5.75 Å². The van der Waals surface area contributed by atoms with Gasteiger partial charge in [-0.05, 0) is 24.6 Å². The maximum Gasteiger partial charge on any atom is 0.422 e. The first-order valence-corrected chi connectivity index (χ1v) is 8.65. The molecule has 0 spiro atoms. The first-order chi connectivity index (χ1) is 13.8. The molecule has 6 nitrogen and oxygen atoms in total. The van der Waals surface area contributed by atoms with Gasteiger partial charge >= 0.3 is 6.18 Å². The van der Waals surface area contributed by atoms with E-state index in [4.69, 9.17) is 0 Å². The molecule has 0 aliphatic rings. The predicted molar refractivity (Wildman–Crippen MR) is 99.1 cm³/mol. The Hall–Kier alpha value is -3.49. The summed E-state index contributed by atoms with van der Waals surface area (Å²) in [6, 6.07) is 11.6. The van der Waals surface area contributed by atoms with Crippen LogP contribution in [-0.4, -0.2) is 33.6 Å². The molecule has 0 aliphatic heterocycles. The number of carbonyl (C=O) groups excluding carboxylic acids is 1. The second kappa shape index (κ2) is 8.68. The SMILES string of the molecule is C[C@@H](NC(=O)c1ncncc1-c1ccccc1)c1ccc(OCC(F)(F)F)cn1. The Morgan fingerprint density at radius 1 is 1.10 bits per heavy atom. The van der Waals surface area contributed by atoms with Gasteiger partial charge in [0.2, 0.25) is 0 Å². The molecule has 9 heteroatoms. The Morgan fingerprint density at radius 2 is 1.86 bits per heavy atom.